The van der Waals surface area contributed by atoms with Gasteiger partial charge in [0.2, 0.25) is 0 Å². The van der Waals surface area contributed by atoms with Crippen molar-refractivity contribution >= 4 is 0 Å². The van der Waals surface area contributed by atoms with Crippen LogP contribution in [-0.4, -0.2) is 19.0 Å². The third-order valence-corrected chi connectivity index (χ3v) is 6.40. The molecule has 3 nitrogen and oxygen atoms in total. The second-order valence-corrected chi connectivity index (χ2v) is 7.85. The molecule has 1 aliphatic heterocycles. The largest absolute Gasteiger partial charge is 1.00 e. The zero-order valence-electron chi connectivity index (χ0n) is 15.2. The molecule has 0 aromatic heterocycles. The van der Waals surface area contributed by atoms with E-state index in [1.807, 2.05) is 6.08 Å². The van der Waals surface area contributed by atoms with Gasteiger partial charge < -0.3 is 14.6 Å². The van der Waals surface area contributed by atoms with E-state index in [-0.39, 0.29) is 30.2 Å². The molecule has 3 aliphatic rings. The molecule has 1 saturated carbocycles. The average molecular weight is 312 g/mol. The zero-order valence-corrected chi connectivity index (χ0v) is 15.2. The van der Waals surface area contributed by atoms with Crippen molar-refractivity contribution in [3.05, 3.63) is 24.0 Å². The van der Waals surface area contributed by atoms with Crippen LogP contribution in [0.1, 0.15) is 52.9 Å². The first-order chi connectivity index (χ1) is 10.4. The van der Waals surface area contributed by atoms with E-state index >= 15 is 0 Å². The summed E-state index contributed by atoms with van der Waals surface area (Å²) in [5.74, 6) is 1.10. The summed E-state index contributed by atoms with van der Waals surface area (Å²) in [6.07, 6.45) is 6.05. The predicted octanol–water partition coefficient (Wildman–Crippen LogP) is 0.406. The van der Waals surface area contributed by atoms with Crippen molar-refractivity contribution in [3.8, 4) is 0 Å². The third kappa shape index (κ3) is 3.06. The number of ether oxygens (including phenoxy) is 2. The van der Waals surface area contributed by atoms with Crippen LogP contribution in [0.25, 0.3) is 0 Å². The van der Waals surface area contributed by atoms with Gasteiger partial charge in [0, 0.05) is 12.3 Å². The molecule has 0 bridgehead atoms. The molecule has 0 aromatic rings. The zero-order chi connectivity index (χ0) is 16.0. The number of fused-ring (bicyclic) bond motifs is 2. The standard InChI is InChI=1S/C19H30O3.Li/c1-5-6-14-7-8-18(4)15(13(2)3)12-19(21-9-10-22-19)17(18)11-16(14)20;/h5,13,15,17,20H,1,6-12H2,2-4H3;/q;+1/p-1/t15-,17+,18-;/m1./s1. The first kappa shape index (κ1) is 19.1. The summed E-state index contributed by atoms with van der Waals surface area (Å²) in [5, 5.41) is 12.7. The maximum atomic E-state index is 12.7. The van der Waals surface area contributed by atoms with E-state index in [0.29, 0.717) is 37.2 Å². The van der Waals surface area contributed by atoms with Gasteiger partial charge in [0.05, 0.1) is 13.2 Å². The molecule has 0 aromatic carbocycles. The second kappa shape index (κ2) is 6.96. The topological polar surface area (TPSA) is 41.5 Å². The summed E-state index contributed by atoms with van der Waals surface area (Å²) in [5.41, 5.74) is 1.16. The van der Waals surface area contributed by atoms with Crippen LogP contribution in [0.3, 0.4) is 0 Å². The van der Waals surface area contributed by atoms with Gasteiger partial charge in [-0.2, -0.15) is 0 Å². The predicted molar refractivity (Wildman–Crippen MR) is 84.9 cm³/mol. The molecule has 1 heterocycles. The molecule has 124 valence electrons. The Morgan fingerprint density at radius 3 is 2.57 bits per heavy atom. The molecule has 0 radical (unpaired) electrons. The van der Waals surface area contributed by atoms with Crippen LogP contribution < -0.4 is 24.0 Å². The Bertz CT molecular complexity index is 479. The minimum Gasteiger partial charge on any atom is -0.875 e. The minimum atomic E-state index is -0.511. The molecule has 4 heteroatoms. The van der Waals surface area contributed by atoms with Crippen molar-refractivity contribution in [2.45, 2.75) is 58.7 Å². The first-order valence-corrected chi connectivity index (χ1v) is 8.69. The fourth-order valence-electron chi connectivity index (χ4n) is 5.26. The van der Waals surface area contributed by atoms with Crippen molar-refractivity contribution in [1.82, 2.24) is 0 Å². The molecule has 3 rings (SSSR count). The molecule has 2 aliphatic carbocycles. The number of hydrogen-bond donors (Lipinski definition) is 0. The van der Waals surface area contributed by atoms with E-state index in [1.54, 1.807) is 0 Å². The van der Waals surface area contributed by atoms with E-state index in [4.69, 9.17) is 9.47 Å². The Labute approximate surface area is 152 Å². The van der Waals surface area contributed by atoms with E-state index in [0.717, 1.165) is 31.3 Å². The van der Waals surface area contributed by atoms with Crippen molar-refractivity contribution in [3.63, 3.8) is 0 Å². The smallest absolute Gasteiger partial charge is 0.875 e. The van der Waals surface area contributed by atoms with Crippen LogP contribution in [0.2, 0.25) is 0 Å². The van der Waals surface area contributed by atoms with Gasteiger partial charge in [0.1, 0.15) is 0 Å². The normalized spacial score (nSPS) is 36.0. The second-order valence-electron chi connectivity index (χ2n) is 7.85. The summed E-state index contributed by atoms with van der Waals surface area (Å²) in [6, 6.07) is 0. The minimum absolute atomic E-state index is 0. The SMILES string of the molecule is C=CCC1=C([O-])C[C@@H]2C3(C[C@H](C(C)C)[C@@]2(C)CC1)OCCO3.[Li+]. The van der Waals surface area contributed by atoms with E-state index in [9.17, 15) is 5.11 Å². The molecule has 0 amide bonds. The van der Waals surface area contributed by atoms with Gasteiger partial charge in [0.25, 0.3) is 0 Å². The molecule has 1 saturated heterocycles. The third-order valence-electron chi connectivity index (χ3n) is 6.40. The Morgan fingerprint density at radius 2 is 2.00 bits per heavy atom. The molecule has 1 spiro atoms. The van der Waals surface area contributed by atoms with Crippen LogP contribution in [0, 0.1) is 23.2 Å². The maximum Gasteiger partial charge on any atom is 1.00 e. The van der Waals surface area contributed by atoms with Gasteiger partial charge >= 0.3 is 18.9 Å². The molecule has 0 N–H and O–H groups in total. The van der Waals surface area contributed by atoms with Gasteiger partial charge in [-0.15, -0.1) is 12.3 Å². The van der Waals surface area contributed by atoms with E-state index in [2.05, 4.69) is 27.4 Å². The Kier molecular flexibility index (Phi) is 5.79. The van der Waals surface area contributed by atoms with Crippen molar-refractivity contribution in [2.75, 3.05) is 13.2 Å². The van der Waals surface area contributed by atoms with Gasteiger partial charge in [-0.05, 0) is 42.9 Å². The fraction of sp³-hybridized carbons (Fsp3) is 0.789. The van der Waals surface area contributed by atoms with Gasteiger partial charge in [-0.1, -0.05) is 32.4 Å². The molecule has 3 atom stereocenters. The van der Waals surface area contributed by atoms with Crippen LogP contribution >= 0.6 is 0 Å². The van der Waals surface area contributed by atoms with Crippen LogP contribution in [-0.2, 0) is 9.47 Å². The van der Waals surface area contributed by atoms with Gasteiger partial charge in [-0.25, -0.2) is 0 Å². The Balaban J connectivity index is 0.00000192. The quantitative estimate of drug-likeness (QED) is 0.560. The van der Waals surface area contributed by atoms with Crippen LogP contribution in [0.5, 0.6) is 0 Å². The number of hydrogen-bond acceptors (Lipinski definition) is 3. The first-order valence-electron chi connectivity index (χ1n) is 8.69. The molecule has 0 unspecified atom stereocenters. The molecule has 2 fully saturated rings. The summed E-state index contributed by atoms with van der Waals surface area (Å²) in [7, 11) is 0. The molecule has 23 heavy (non-hydrogen) atoms. The van der Waals surface area contributed by atoms with Crippen LogP contribution in [0.4, 0.5) is 0 Å². The van der Waals surface area contributed by atoms with Gasteiger partial charge in [0.15, 0.2) is 5.79 Å². The average Bonchev–Trinajstić information content (AvgIpc) is 2.99. The van der Waals surface area contributed by atoms with Gasteiger partial charge in [-0.3, -0.25) is 0 Å². The summed E-state index contributed by atoms with van der Waals surface area (Å²) in [6.45, 7) is 12.1. The maximum absolute atomic E-state index is 12.7. The Hall–Kier alpha value is -0.203. The van der Waals surface area contributed by atoms with E-state index < -0.39 is 5.79 Å². The number of allylic oxidation sites excluding steroid dienone is 3. The monoisotopic (exact) mass is 312 g/mol. The Morgan fingerprint density at radius 1 is 1.35 bits per heavy atom. The molecular weight excluding hydrogens is 283 g/mol. The van der Waals surface area contributed by atoms with Crippen LogP contribution in [0.15, 0.2) is 24.0 Å². The van der Waals surface area contributed by atoms with E-state index in [1.165, 1.54) is 0 Å². The fourth-order valence-corrected chi connectivity index (χ4v) is 5.26. The summed E-state index contributed by atoms with van der Waals surface area (Å²) < 4.78 is 12.2. The van der Waals surface area contributed by atoms with Crippen molar-refractivity contribution in [2.24, 2.45) is 23.2 Å². The molecular formula is C19H29LiO3. The summed E-state index contributed by atoms with van der Waals surface area (Å²) >= 11 is 0. The van der Waals surface area contributed by atoms with Crippen molar-refractivity contribution in [1.29, 1.82) is 0 Å². The summed E-state index contributed by atoms with van der Waals surface area (Å²) in [4.78, 5) is 0. The van der Waals surface area contributed by atoms with Crippen molar-refractivity contribution < 1.29 is 33.4 Å². The number of rotatable bonds is 3.